The van der Waals surface area contributed by atoms with Gasteiger partial charge in [-0.15, -0.1) is 0 Å². The van der Waals surface area contributed by atoms with E-state index in [1.54, 1.807) is 7.11 Å². The number of rotatable bonds is 23. The average Bonchev–Trinajstić information content (AvgIpc) is 3.27. The zero-order valence-corrected chi connectivity index (χ0v) is 45.2. The van der Waals surface area contributed by atoms with E-state index in [0.717, 1.165) is 41.0 Å². The molecule has 66 heavy (non-hydrogen) atoms. The molecule has 0 radical (unpaired) electrons. The van der Waals surface area contributed by atoms with Gasteiger partial charge in [-0.3, -0.25) is 0 Å². The van der Waals surface area contributed by atoms with Gasteiger partial charge in [-0.25, -0.2) is 0 Å². The Morgan fingerprint density at radius 1 is 0.652 bits per heavy atom. The summed E-state index contributed by atoms with van der Waals surface area (Å²) in [5.74, 6) is 7.96. The van der Waals surface area contributed by atoms with Crippen LogP contribution in [0.4, 0.5) is 0 Å². The van der Waals surface area contributed by atoms with Gasteiger partial charge in [0.2, 0.25) is 0 Å². The second-order valence-electron chi connectivity index (χ2n) is 21.6. The number of ether oxygens (including phenoxy) is 3. The first-order chi connectivity index (χ1) is 31.0. The summed E-state index contributed by atoms with van der Waals surface area (Å²) in [6.45, 7) is 33.2. The van der Waals surface area contributed by atoms with Crippen LogP contribution in [0.15, 0.2) is 127 Å². The van der Waals surface area contributed by atoms with E-state index in [1.165, 1.54) is 0 Å². The largest absolute Gasteiger partial charge is 0.497 e. The molecule has 360 valence electrons. The highest BCUT2D eigenvalue weighted by atomic mass is 28.4. The number of hydrogen-bond acceptors (Lipinski definition) is 6. The quantitative estimate of drug-likeness (QED) is 0.0346. The van der Waals surface area contributed by atoms with Gasteiger partial charge in [-0.05, 0) is 102 Å². The third-order valence-corrected chi connectivity index (χ3v) is 23.1. The molecular weight excluding hydrogens is 849 g/mol. The lowest BCUT2D eigenvalue weighted by atomic mass is 9.80. The second-order valence-corrected chi connectivity index (χ2v) is 31.2. The van der Waals surface area contributed by atoms with Crippen molar-refractivity contribution in [1.82, 2.24) is 0 Å². The first kappa shape index (κ1) is 54.8. The van der Waals surface area contributed by atoms with E-state index in [2.05, 4.69) is 192 Å². The van der Waals surface area contributed by atoms with Crippen LogP contribution < -0.4 is 4.74 Å². The lowest BCUT2D eigenvalue weighted by Crippen LogP contribution is -2.46. The molecule has 6 nitrogen and oxygen atoms in total. The molecule has 0 aromatic heterocycles. The molecule has 0 saturated carbocycles. The fourth-order valence-corrected chi connectivity index (χ4v) is 10.5. The zero-order chi connectivity index (χ0) is 48.8. The maximum Gasteiger partial charge on any atom is 0.192 e. The monoisotopic (exact) mass is 933 g/mol. The molecule has 8 heteroatoms. The van der Waals surface area contributed by atoms with Gasteiger partial charge in [0.25, 0.3) is 0 Å². The highest BCUT2D eigenvalue weighted by molar-refractivity contribution is 6.74. The topological polar surface area (TPSA) is 66.4 Å². The first-order valence-electron chi connectivity index (χ1n) is 24.2. The van der Waals surface area contributed by atoms with Crippen LogP contribution in [0.2, 0.25) is 36.3 Å². The third kappa shape index (κ3) is 15.4. The minimum atomic E-state index is -2.24. The van der Waals surface area contributed by atoms with Crippen LogP contribution in [-0.4, -0.2) is 60.4 Å². The van der Waals surface area contributed by atoms with Crippen molar-refractivity contribution in [3.05, 3.63) is 150 Å². The molecule has 4 aromatic rings. The minimum absolute atomic E-state index is 0.0129. The highest BCUT2D eigenvalue weighted by Crippen LogP contribution is 2.42. The van der Waals surface area contributed by atoms with Gasteiger partial charge in [0.15, 0.2) is 16.6 Å². The van der Waals surface area contributed by atoms with Crippen LogP contribution >= 0.6 is 0 Å². The first-order valence-corrected chi connectivity index (χ1v) is 30.0. The Hall–Kier alpha value is -3.79. The summed E-state index contributed by atoms with van der Waals surface area (Å²) in [6, 6.07) is 39.4. The summed E-state index contributed by atoms with van der Waals surface area (Å²) in [5.41, 5.74) is 3.44. The van der Waals surface area contributed by atoms with Crippen LogP contribution in [0.5, 0.6) is 5.75 Å². The summed E-state index contributed by atoms with van der Waals surface area (Å²) in [7, 11) is -2.43. The minimum Gasteiger partial charge on any atom is -0.497 e. The van der Waals surface area contributed by atoms with Crippen molar-refractivity contribution in [3.8, 4) is 17.6 Å². The maximum absolute atomic E-state index is 11.8. The molecule has 0 aliphatic heterocycles. The molecule has 0 unspecified atom stereocenters. The molecule has 0 amide bonds. The van der Waals surface area contributed by atoms with Gasteiger partial charge >= 0.3 is 0 Å². The Kier molecular flexibility index (Phi) is 20.3. The van der Waals surface area contributed by atoms with E-state index < -0.39 is 28.3 Å². The van der Waals surface area contributed by atoms with E-state index in [1.807, 2.05) is 42.5 Å². The fourth-order valence-electron chi connectivity index (χ4n) is 7.97. The summed E-state index contributed by atoms with van der Waals surface area (Å²) in [6.07, 6.45) is 4.33. The molecule has 1 N–H and O–H groups in total. The molecule has 0 saturated heterocycles. The van der Waals surface area contributed by atoms with E-state index in [9.17, 15) is 5.11 Å². The van der Waals surface area contributed by atoms with Crippen molar-refractivity contribution < 1.29 is 28.2 Å². The fraction of sp³-hybridized carbons (Fsp3) is 0.517. The number of aliphatic hydroxyl groups is 1. The molecule has 0 aliphatic rings. The van der Waals surface area contributed by atoms with Crippen molar-refractivity contribution in [2.45, 2.75) is 149 Å². The molecule has 4 rings (SSSR count). The van der Waals surface area contributed by atoms with Crippen molar-refractivity contribution in [3.63, 3.8) is 0 Å². The number of aliphatic hydroxyl groups excluding tert-OH is 1. The molecule has 7 atom stereocenters. The normalized spacial score (nSPS) is 16.1. The third-order valence-electron chi connectivity index (χ3n) is 14.1. The molecule has 0 aliphatic carbocycles. The lowest BCUT2D eigenvalue weighted by Gasteiger charge is -2.41. The van der Waals surface area contributed by atoms with Crippen molar-refractivity contribution in [1.29, 1.82) is 0 Å². The summed E-state index contributed by atoms with van der Waals surface area (Å²) in [5, 5.41) is 11.9. The highest BCUT2D eigenvalue weighted by Gasteiger charge is 2.41. The predicted octanol–water partition coefficient (Wildman–Crippen LogP) is 14.2. The van der Waals surface area contributed by atoms with Gasteiger partial charge < -0.3 is 28.2 Å². The average molecular weight is 933 g/mol. The summed E-state index contributed by atoms with van der Waals surface area (Å²) in [4.78, 5) is 0. The van der Waals surface area contributed by atoms with Crippen molar-refractivity contribution in [2.24, 2.45) is 23.7 Å². The Bertz CT molecular complexity index is 2000. The molecule has 0 bridgehead atoms. The van der Waals surface area contributed by atoms with Crippen LogP contribution in [0.3, 0.4) is 0 Å². The van der Waals surface area contributed by atoms with E-state index in [0.29, 0.717) is 25.6 Å². The Morgan fingerprint density at radius 2 is 1.15 bits per heavy atom. The van der Waals surface area contributed by atoms with Gasteiger partial charge in [0.1, 0.15) is 17.5 Å². The van der Waals surface area contributed by atoms with Crippen molar-refractivity contribution >= 4 is 16.6 Å². The standard InChI is InChI=1S/C58H84O6Si2/c1-44(42-63-65(12,13)56(5,6)7)40-47(4)55(61-43-48-34-37-53(60-11)38-35-48)46(3)33-36-52(59)41-54(64-66(14,15)57(8,9)10)45(2)26-25-39-62-58(49-27-19-16-20-28-49,50-29-21-17-22-30-50)51-31-23-18-24-32-51/h16-32,34-35,37-38,44-47,52,54-55,59H,39-43H2,1-15H3/b26-25+/t44-,45+,46+,47-,52-,54+,55+/m1/s1. The van der Waals surface area contributed by atoms with Gasteiger partial charge in [0, 0.05) is 18.9 Å². The zero-order valence-electron chi connectivity index (χ0n) is 43.2. The van der Waals surface area contributed by atoms with E-state index in [4.69, 9.17) is 23.1 Å². The van der Waals surface area contributed by atoms with Gasteiger partial charge in [-0.1, -0.05) is 189 Å². The molecule has 4 aromatic carbocycles. The molecular formula is C58H84O6Si2. The number of methoxy groups -OCH3 is 1. The molecule has 0 spiro atoms. The number of hydrogen-bond donors (Lipinski definition) is 1. The summed E-state index contributed by atoms with van der Waals surface area (Å²) < 4.78 is 33.0. The van der Waals surface area contributed by atoms with Crippen LogP contribution in [0, 0.1) is 35.5 Å². The second kappa shape index (κ2) is 24.5. The van der Waals surface area contributed by atoms with E-state index >= 15 is 0 Å². The lowest BCUT2D eigenvalue weighted by molar-refractivity contribution is -0.0217. The van der Waals surface area contributed by atoms with Crippen LogP contribution in [0.25, 0.3) is 0 Å². The van der Waals surface area contributed by atoms with E-state index in [-0.39, 0.29) is 40.0 Å². The smallest absolute Gasteiger partial charge is 0.192 e. The van der Waals surface area contributed by atoms with Crippen molar-refractivity contribution in [2.75, 3.05) is 20.3 Å². The van der Waals surface area contributed by atoms with Gasteiger partial charge in [0.05, 0.1) is 32.5 Å². The summed E-state index contributed by atoms with van der Waals surface area (Å²) >= 11 is 0. The van der Waals surface area contributed by atoms with Crippen LogP contribution in [-0.2, 0) is 30.5 Å². The Labute approximate surface area is 403 Å². The SMILES string of the molecule is COc1ccc(CO[C@H]([C@H](C)C[C@@H](C)CO[Si](C)(C)C(C)(C)C)[C@@H](C)C#C[C@@H](O)C[C@H](O[Si](C)(C)C(C)(C)C)[C@@H](C)/C=C/COC(c2ccccc2)(c2ccccc2)c2ccccc2)cc1. The van der Waals surface area contributed by atoms with Gasteiger partial charge in [-0.2, -0.15) is 0 Å². The predicted molar refractivity (Wildman–Crippen MR) is 281 cm³/mol. The molecule has 0 heterocycles. The Balaban J connectivity index is 1.56. The molecule has 0 fully saturated rings. The maximum atomic E-state index is 11.8. The Morgan fingerprint density at radius 3 is 1.62 bits per heavy atom. The van der Waals surface area contributed by atoms with Crippen LogP contribution in [0.1, 0.15) is 104 Å². The number of benzene rings is 4.